The molecule has 0 heterocycles. The van der Waals surface area contributed by atoms with Crippen LogP contribution in [-0.4, -0.2) is 24.5 Å². The molecule has 1 radical (unpaired) electrons. The third-order valence-corrected chi connectivity index (χ3v) is 3.77. The molecule has 10 nitrogen and oxygen atoms in total. The van der Waals surface area contributed by atoms with Crippen LogP contribution < -0.4 is 29.6 Å². The van der Waals surface area contributed by atoms with Crippen molar-refractivity contribution in [2.24, 2.45) is 0 Å². The molecule has 0 unspecified atom stereocenters. The molecule has 0 spiro atoms. The molecule has 0 aliphatic rings. The molecule has 0 rings (SSSR count). The fourth-order valence-electron chi connectivity index (χ4n) is 0.284. The second-order valence-corrected chi connectivity index (χ2v) is 5.82. The van der Waals surface area contributed by atoms with Crippen molar-refractivity contribution in [1.82, 2.24) is 0 Å². The third kappa shape index (κ3) is 18.8. The van der Waals surface area contributed by atoms with Crippen LogP contribution in [0.15, 0.2) is 0 Å². The Labute approximate surface area is 134 Å². The van der Waals surface area contributed by atoms with Gasteiger partial charge in [-0.15, -0.1) is 0 Å². The molecular weight excluding hydrogens is 387 g/mol. The van der Waals surface area contributed by atoms with Crippen molar-refractivity contribution < 1.29 is 112 Å². The van der Waals surface area contributed by atoms with Crippen molar-refractivity contribution in [3.63, 3.8) is 0 Å². The summed E-state index contributed by atoms with van der Waals surface area (Å²) in [7, 11) is -16.2. The number of hydrogen-bond donors (Lipinski definition) is 5. The predicted molar refractivity (Wildman–Crippen MR) is 37.2 cm³/mol. The van der Waals surface area contributed by atoms with E-state index in [1.54, 1.807) is 0 Å². The maximum absolute atomic E-state index is 10.4. The molecule has 0 aliphatic carbocycles. The molecule has 0 aliphatic heterocycles. The first kappa shape index (κ1) is 26.9. The standard InChI is InChI=1S/Fe.Mn.Na.H5O10P3.H/c;;;1-11(2,3)9-13(7,8)10-12(4,5)6;/h;;;(H,7,8)(H2,1,2,3)(H2,4,5,6);/q;;+1;;-1. The Kier molecular flexibility index (Phi) is 15.8. The molecule has 0 aromatic heterocycles. The Bertz CT molecular complexity index is 294. The predicted octanol–water partition coefficient (Wildman–Crippen LogP) is -3.58. The van der Waals surface area contributed by atoms with Crippen molar-refractivity contribution in [2.45, 2.75) is 0 Å². The summed E-state index contributed by atoms with van der Waals surface area (Å²) in [5.74, 6) is 0. The Balaban J connectivity index is -0.000000120. The average molecular weight is 393 g/mol. The Morgan fingerprint density at radius 1 is 0.812 bits per heavy atom. The zero-order valence-electron chi connectivity index (χ0n) is 8.35. The summed E-state index contributed by atoms with van der Waals surface area (Å²) in [5.41, 5.74) is 0. The molecule has 0 amide bonds. The minimum atomic E-state index is -5.46. The first-order valence-corrected chi connectivity index (χ1v) is 6.83. The maximum Gasteiger partial charge on any atom is 1.00 e. The molecule has 5 N–H and O–H groups in total. The van der Waals surface area contributed by atoms with Crippen molar-refractivity contribution in [2.75, 3.05) is 0 Å². The van der Waals surface area contributed by atoms with Crippen LogP contribution in [0, 0.1) is 0 Å². The van der Waals surface area contributed by atoms with Gasteiger partial charge in [-0.2, -0.15) is 8.62 Å². The van der Waals surface area contributed by atoms with Gasteiger partial charge in [-0.25, -0.2) is 13.7 Å². The van der Waals surface area contributed by atoms with E-state index in [2.05, 4.69) is 8.62 Å². The van der Waals surface area contributed by atoms with Crippen LogP contribution in [0.1, 0.15) is 1.43 Å². The molecule has 0 aromatic carbocycles. The second-order valence-electron chi connectivity index (χ2n) is 1.61. The van der Waals surface area contributed by atoms with Gasteiger partial charge in [0.2, 0.25) is 0 Å². The molecule has 0 saturated carbocycles. The van der Waals surface area contributed by atoms with Gasteiger partial charge in [0.05, 0.1) is 0 Å². The molecule has 16 heteroatoms. The minimum Gasteiger partial charge on any atom is -1.00 e. The summed E-state index contributed by atoms with van der Waals surface area (Å²) < 4.78 is 36.4. The summed E-state index contributed by atoms with van der Waals surface area (Å²) in [4.78, 5) is 40.2. The van der Waals surface area contributed by atoms with Gasteiger partial charge < -0.3 is 25.9 Å². The van der Waals surface area contributed by atoms with Crippen molar-refractivity contribution in [3.05, 3.63) is 0 Å². The van der Waals surface area contributed by atoms with E-state index in [-0.39, 0.29) is 65.1 Å². The van der Waals surface area contributed by atoms with Crippen LogP contribution in [-0.2, 0) is 56.5 Å². The van der Waals surface area contributed by atoms with E-state index in [1.165, 1.54) is 0 Å². The second kappa shape index (κ2) is 9.37. The zero-order chi connectivity index (χ0) is 10.9. The van der Waals surface area contributed by atoms with Gasteiger partial charge in [-0.05, 0) is 0 Å². The van der Waals surface area contributed by atoms with E-state index >= 15 is 0 Å². The largest absolute Gasteiger partial charge is 1.00 e. The van der Waals surface area contributed by atoms with Gasteiger partial charge in [0.15, 0.2) is 0 Å². The van der Waals surface area contributed by atoms with Crippen LogP contribution in [0.25, 0.3) is 0 Å². The molecular formula is H6FeMnNaO10P3. The first-order valence-electron chi connectivity index (χ1n) is 2.28. The van der Waals surface area contributed by atoms with E-state index in [4.69, 9.17) is 24.5 Å². The van der Waals surface area contributed by atoms with Crippen LogP contribution in [0.5, 0.6) is 0 Å². The van der Waals surface area contributed by atoms with Crippen LogP contribution >= 0.6 is 23.5 Å². The van der Waals surface area contributed by atoms with Gasteiger partial charge in [-0.1, -0.05) is 0 Å². The first-order chi connectivity index (χ1) is 5.41. The molecule has 0 atom stereocenters. The van der Waals surface area contributed by atoms with Gasteiger partial charge in [0, 0.05) is 34.1 Å². The van der Waals surface area contributed by atoms with Gasteiger partial charge in [0.25, 0.3) is 0 Å². The van der Waals surface area contributed by atoms with E-state index in [1.807, 2.05) is 0 Å². The normalized spacial score (nSPS) is 11.8. The molecule has 0 aromatic rings. The van der Waals surface area contributed by atoms with Crippen molar-refractivity contribution in [1.29, 1.82) is 0 Å². The topological polar surface area (TPSA) is 171 Å². The summed E-state index contributed by atoms with van der Waals surface area (Å²) in [6, 6.07) is 0. The summed E-state index contributed by atoms with van der Waals surface area (Å²) in [5, 5.41) is 0. The van der Waals surface area contributed by atoms with Gasteiger partial charge in [0.1, 0.15) is 0 Å². The fourth-order valence-corrected chi connectivity index (χ4v) is 2.82. The Morgan fingerprint density at radius 2 is 1.00 bits per heavy atom. The summed E-state index contributed by atoms with van der Waals surface area (Å²) in [6.45, 7) is 0. The number of hydrogen-bond acceptors (Lipinski definition) is 5. The smallest absolute Gasteiger partial charge is 1.00 e. The van der Waals surface area contributed by atoms with Crippen molar-refractivity contribution >= 4 is 23.5 Å². The number of phosphoric acid groups is 3. The Morgan fingerprint density at radius 3 is 1.12 bits per heavy atom. The summed E-state index contributed by atoms with van der Waals surface area (Å²) >= 11 is 0. The maximum atomic E-state index is 10.4. The van der Waals surface area contributed by atoms with Crippen LogP contribution in [0.4, 0.5) is 0 Å². The molecule has 0 bridgehead atoms. The zero-order valence-corrected chi connectivity index (χ0v) is 14.3. The SMILES string of the molecule is O=P(O)(O)OP(=O)(O)OP(=O)(O)O.[Fe].[H-].[Mn].[Na+]. The molecule has 16 heavy (non-hydrogen) atoms. The van der Waals surface area contributed by atoms with Crippen molar-refractivity contribution in [3.8, 4) is 0 Å². The van der Waals surface area contributed by atoms with E-state index in [0.29, 0.717) is 0 Å². The molecule has 97 valence electrons. The van der Waals surface area contributed by atoms with E-state index < -0.39 is 23.5 Å². The minimum absolute atomic E-state index is 0. The van der Waals surface area contributed by atoms with Crippen LogP contribution in [0.2, 0.25) is 0 Å². The van der Waals surface area contributed by atoms with Gasteiger partial charge >= 0.3 is 53.0 Å². The average Bonchev–Trinajstić information content (AvgIpc) is 1.43. The number of rotatable bonds is 4. The Hall–Kier alpha value is 2.45. The monoisotopic (exact) mass is 393 g/mol. The van der Waals surface area contributed by atoms with E-state index in [9.17, 15) is 13.7 Å². The molecule has 0 saturated heterocycles. The third-order valence-electron chi connectivity index (χ3n) is 0.419. The molecule has 0 fully saturated rings. The quantitative estimate of drug-likeness (QED) is 0.238. The van der Waals surface area contributed by atoms with Crippen LogP contribution in [0.3, 0.4) is 0 Å². The van der Waals surface area contributed by atoms with E-state index in [0.717, 1.165) is 0 Å². The summed E-state index contributed by atoms with van der Waals surface area (Å²) in [6.07, 6.45) is 0. The van der Waals surface area contributed by atoms with Gasteiger partial charge in [-0.3, -0.25) is 0 Å². The fraction of sp³-hybridized carbons (Fsp3) is 0.